The highest BCUT2D eigenvalue weighted by Gasteiger charge is 2.23. The molecule has 0 atom stereocenters. The summed E-state index contributed by atoms with van der Waals surface area (Å²) >= 11 is 6.16. The van der Waals surface area contributed by atoms with Crippen molar-refractivity contribution in [3.63, 3.8) is 0 Å². The number of carbonyl (C=O) groups excluding carboxylic acids is 2. The molecule has 0 bridgehead atoms. The van der Waals surface area contributed by atoms with E-state index in [2.05, 4.69) is 34.1 Å². The van der Waals surface area contributed by atoms with E-state index in [9.17, 15) is 14.0 Å². The summed E-state index contributed by atoms with van der Waals surface area (Å²) in [4.78, 5) is 34.5. The van der Waals surface area contributed by atoms with Gasteiger partial charge in [-0.3, -0.25) is 14.0 Å². The van der Waals surface area contributed by atoms with Gasteiger partial charge in [0.25, 0.3) is 5.91 Å². The molecule has 37 heavy (non-hydrogen) atoms. The average Bonchev–Trinajstić information content (AvgIpc) is 3.30. The number of benzene rings is 2. The highest BCUT2D eigenvalue weighted by molar-refractivity contribution is 6.30. The molecule has 3 heterocycles. The van der Waals surface area contributed by atoms with Crippen molar-refractivity contribution >= 4 is 34.6 Å². The highest BCUT2D eigenvalue weighted by atomic mass is 35.5. The molecular weight excluding hydrogens is 491 g/mol. The number of hydrogen-bond acceptors (Lipinski definition) is 4. The smallest absolute Gasteiger partial charge is 0.253 e. The minimum absolute atomic E-state index is 0.0534. The van der Waals surface area contributed by atoms with Crippen molar-refractivity contribution in [3.8, 4) is 0 Å². The molecule has 0 N–H and O–H groups in total. The zero-order valence-corrected chi connectivity index (χ0v) is 21.4. The molecule has 2 aromatic carbocycles. The lowest BCUT2D eigenvalue weighted by Gasteiger charge is -2.36. The van der Waals surface area contributed by atoms with E-state index in [1.807, 2.05) is 17.9 Å². The van der Waals surface area contributed by atoms with Gasteiger partial charge in [-0.15, -0.1) is 0 Å². The van der Waals surface area contributed by atoms with E-state index >= 15 is 0 Å². The summed E-state index contributed by atoms with van der Waals surface area (Å²) in [6.07, 6.45) is 3.45. The van der Waals surface area contributed by atoms with Crippen molar-refractivity contribution in [2.75, 3.05) is 31.1 Å². The summed E-state index contributed by atoms with van der Waals surface area (Å²) in [5, 5.41) is 0.567. The minimum Gasteiger partial charge on any atom is -0.368 e. The van der Waals surface area contributed by atoms with E-state index in [0.717, 1.165) is 35.7 Å². The number of anilines is 1. The maximum Gasteiger partial charge on any atom is 0.253 e. The van der Waals surface area contributed by atoms with Gasteiger partial charge in [0.2, 0.25) is 0 Å². The molecule has 1 aliphatic heterocycles. The molecule has 4 aromatic rings. The summed E-state index contributed by atoms with van der Waals surface area (Å²) in [5.41, 5.74) is 4.82. The normalized spacial score (nSPS) is 13.8. The maximum atomic E-state index is 13.2. The van der Waals surface area contributed by atoms with Crippen molar-refractivity contribution < 1.29 is 14.0 Å². The second-order valence-electron chi connectivity index (χ2n) is 9.21. The van der Waals surface area contributed by atoms with Gasteiger partial charge in [-0.25, -0.2) is 9.37 Å². The SMILES string of the molecule is CCc1nc2ccc(Cl)cn2c1C(=O)CCc1ccc(N2CCN(C(=O)c3ccc(F)cc3)CC2)cc1. The van der Waals surface area contributed by atoms with Crippen LogP contribution < -0.4 is 4.90 Å². The van der Waals surface area contributed by atoms with Crippen LogP contribution >= 0.6 is 11.6 Å². The lowest BCUT2D eigenvalue weighted by Crippen LogP contribution is -2.48. The Morgan fingerprint density at radius 3 is 2.32 bits per heavy atom. The number of hydrogen-bond donors (Lipinski definition) is 0. The molecule has 1 amide bonds. The van der Waals surface area contributed by atoms with Gasteiger partial charge in [0.05, 0.1) is 10.7 Å². The molecule has 1 fully saturated rings. The number of halogens is 2. The van der Waals surface area contributed by atoms with Crippen LogP contribution in [0.4, 0.5) is 10.1 Å². The Hall–Kier alpha value is -3.71. The van der Waals surface area contributed by atoms with Crippen LogP contribution in [0.5, 0.6) is 0 Å². The third-order valence-electron chi connectivity index (χ3n) is 6.85. The Morgan fingerprint density at radius 1 is 0.946 bits per heavy atom. The van der Waals surface area contributed by atoms with Gasteiger partial charge >= 0.3 is 0 Å². The van der Waals surface area contributed by atoms with E-state index in [-0.39, 0.29) is 17.5 Å². The topological polar surface area (TPSA) is 57.9 Å². The summed E-state index contributed by atoms with van der Waals surface area (Å²) in [5.74, 6) is -0.364. The van der Waals surface area contributed by atoms with E-state index in [1.165, 1.54) is 24.3 Å². The third-order valence-corrected chi connectivity index (χ3v) is 7.08. The van der Waals surface area contributed by atoms with Crippen LogP contribution in [-0.4, -0.2) is 52.2 Å². The molecular formula is C29H28ClFN4O2. The first-order chi connectivity index (χ1) is 17.9. The molecule has 1 aliphatic rings. The van der Waals surface area contributed by atoms with Gasteiger partial charge in [0.15, 0.2) is 5.78 Å². The van der Waals surface area contributed by atoms with Gasteiger partial charge in [-0.2, -0.15) is 0 Å². The Morgan fingerprint density at radius 2 is 1.65 bits per heavy atom. The Balaban J connectivity index is 1.18. The number of nitrogens with zero attached hydrogens (tertiary/aromatic N) is 4. The van der Waals surface area contributed by atoms with Crippen LogP contribution in [0.25, 0.3) is 5.65 Å². The monoisotopic (exact) mass is 518 g/mol. The number of ketones is 1. The third kappa shape index (κ3) is 5.37. The van der Waals surface area contributed by atoms with Crippen molar-refractivity contribution in [2.24, 2.45) is 0 Å². The largest absolute Gasteiger partial charge is 0.368 e. The molecule has 5 rings (SSSR count). The second-order valence-corrected chi connectivity index (χ2v) is 9.65. The molecule has 8 heteroatoms. The maximum absolute atomic E-state index is 13.2. The first-order valence-corrected chi connectivity index (χ1v) is 12.9. The highest BCUT2D eigenvalue weighted by Crippen LogP contribution is 2.22. The number of aromatic nitrogens is 2. The first kappa shape index (κ1) is 25.0. The van der Waals surface area contributed by atoms with E-state index in [4.69, 9.17) is 11.6 Å². The molecule has 2 aromatic heterocycles. The minimum atomic E-state index is -0.347. The molecule has 0 saturated carbocycles. The fraction of sp³-hybridized carbons (Fsp3) is 0.276. The molecule has 190 valence electrons. The predicted molar refractivity (Wildman–Crippen MR) is 143 cm³/mol. The Labute approximate surface area is 220 Å². The van der Waals surface area contributed by atoms with Gasteiger partial charge < -0.3 is 9.80 Å². The number of amides is 1. The quantitative estimate of drug-likeness (QED) is 0.304. The summed E-state index contributed by atoms with van der Waals surface area (Å²) in [6.45, 7) is 4.66. The van der Waals surface area contributed by atoms with Crippen LogP contribution in [0.3, 0.4) is 0 Å². The zero-order chi connectivity index (χ0) is 25.9. The van der Waals surface area contributed by atoms with E-state index < -0.39 is 0 Å². The van der Waals surface area contributed by atoms with Gasteiger partial charge in [0, 0.05) is 50.0 Å². The molecule has 0 aliphatic carbocycles. The number of rotatable bonds is 7. The Kier molecular flexibility index (Phi) is 7.24. The lowest BCUT2D eigenvalue weighted by molar-refractivity contribution is 0.0746. The molecule has 0 radical (unpaired) electrons. The fourth-order valence-corrected chi connectivity index (χ4v) is 4.96. The van der Waals surface area contributed by atoms with Gasteiger partial charge in [-0.05, 0) is 66.9 Å². The summed E-state index contributed by atoms with van der Waals surface area (Å²) < 4.78 is 15.0. The van der Waals surface area contributed by atoms with Crippen molar-refractivity contribution in [2.45, 2.75) is 26.2 Å². The van der Waals surface area contributed by atoms with Crippen LogP contribution in [0.1, 0.15) is 45.4 Å². The van der Waals surface area contributed by atoms with Crippen LogP contribution in [0.2, 0.25) is 5.02 Å². The van der Waals surface area contributed by atoms with E-state index in [1.54, 1.807) is 16.7 Å². The second kappa shape index (κ2) is 10.7. The number of pyridine rings is 1. The molecule has 6 nitrogen and oxygen atoms in total. The van der Waals surface area contributed by atoms with E-state index in [0.29, 0.717) is 48.6 Å². The zero-order valence-electron chi connectivity index (χ0n) is 20.7. The number of aryl methyl sites for hydroxylation is 2. The predicted octanol–water partition coefficient (Wildman–Crippen LogP) is 5.47. The van der Waals surface area contributed by atoms with Gasteiger partial charge in [0.1, 0.15) is 17.2 Å². The van der Waals surface area contributed by atoms with Crippen molar-refractivity contribution in [1.82, 2.24) is 14.3 Å². The number of fused-ring (bicyclic) bond motifs is 1. The van der Waals surface area contributed by atoms with Gasteiger partial charge in [-0.1, -0.05) is 30.7 Å². The average molecular weight is 519 g/mol. The first-order valence-electron chi connectivity index (χ1n) is 12.5. The summed E-state index contributed by atoms with van der Waals surface area (Å²) in [7, 11) is 0. The lowest BCUT2D eigenvalue weighted by atomic mass is 10.0. The number of piperazine rings is 1. The standard InChI is InChI=1S/C29H28ClFN4O2/c1-2-25-28(35-19-22(30)8-14-27(35)32-25)26(36)13-5-20-3-11-24(12-4-20)33-15-17-34(18-16-33)29(37)21-6-9-23(31)10-7-21/h3-4,6-12,14,19H,2,5,13,15-18H2,1H3. The van der Waals surface area contributed by atoms with Crippen LogP contribution in [-0.2, 0) is 12.8 Å². The van der Waals surface area contributed by atoms with Crippen molar-refractivity contribution in [1.29, 1.82) is 0 Å². The number of Topliss-reactive ketones (excluding diaryl/α,β-unsaturated/α-hetero) is 1. The van der Waals surface area contributed by atoms with Crippen LogP contribution in [0, 0.1) is 5.82 Å². The fourth-order valence-electron chi connectivity index (χ4n) is 4.80. The summed E-state index contributed by atoms with van der Waals surface area (Å²) in [6, 6.07) is 17.6. The van der Waals surface area contributed by atoms with Crippen molar-refractivity contribution in [3.05, 3.63) is 100 Å². The molecule has 0 spiro atoms. The van der Waals surface area contributed by atoms with Crippen LogP contribution in [0.15, 0.2) is 66.9 Å². The number of imidazole rings is 1. The Bertz CT molecular complexity index is 1430. The molecule has 0 unspecified atom stereocenters. The molecule has 1 saturated heterocycles. The number of carbonyl (C=O) groups is 2.